The number of nitriles is 1. The van der Waals surface area contributed by atoms with Crippen molar-refractivity contribution in [2.75, 3.05) is 6.61 Å². The number of nitrogens with zero attached hydrogens (tertiary/aromatic N) is 2. The standard InChI is InChI=1S/C16H11BrClN3O2/c17-13-5-6-15(14(18)7-13)23-10-16(22)21-20-9-12-3-1-11(8-19)2-4-12/h1-7,9H,10H2,(H,21,22)/b20-9+. The summed E-state index contributed by atoms with van der Waals surface area (Å²) in [5.41, 5.74) is 3.68. The maximum atomic E-state index is 11.6. The summed E-state index contributed by atoms with van der Waals surface area (Å²) in [6, 6.07) is 13.9. The van der Waals surface area contributed by atoms with Crippen LogP contribution in [0.5, 0.6) is 5.75 Å². The number of hydrogen-bond acceptors (Lipinski definition) is 4. The van der Waals surface area contributed by atoms with Crippen LogP contribution in [0.2, 0.25) is 5.02 Å². The largest absolute Gasteiger partial charge is 0.482 e. The molecule has 5 nitrogen and oxygen atoms in total. The molecule has 0 bridgehead atoms. The van der Waals surface area contributed by atoms with Gasteiger partial charge in [-0.25, -0.2) is 5.43 Å². The molecule has 0 aliphatic rings. The Labute approximate surface area is 146 Å². The molecule has 2 rings (SSSR count). The van der Waals surface area contributed by atoms with Gasteiger partial charge in [0.1, 0.15) is 5.75 Å². The maximum absolute atomic E-state index is 11.6. The summed E-state index contributed by atoms with van der Waals surface area (Å²) in [5.74, 6) is 0.00923. The predicted molar refractivity (Wildman–Crippen MR) is 91.5 cm³/mol. The minimum absolute atomic E-state index is 0.202. The second kappa shape index (κ2) is 8.32. The van der Waals surface area contributed by atoms with Gasteiger partial charge < -0.3 is 4.74 Å². The average Bonchev–Trinajstić information content (AvgIpc) is 2.54. The smallest absolute Gasteiger partial charge is 0.277 e. The Balaban J connectivity index is 1.82. The minimum Gasteiger partial charge on any atom is -0.482 e. The van der Waals surface area contributed by atoms with E-state index >= 15 is 0 Å². The van der Waals surface area contributed by atoms with Crippen LogP contribution in [0.1, 0.15) is 11.1 Å². The van der Waals surface area contributed by atoms with E-state index in [1.807, 2.05) is 6.07 Å². The van der Waals surface area contributed by atoms with Crippen LogP contribution in [-0.4, -0.2) is 18.7 Å². The molecule has 0 fully saturated rings. The third kappa shape index (κ3) is 5.40. The van der Waals surface area contributed by atoms with Crippen molar-refractivity contribution in [3.05, 3.63) is 63.1 Å². The van der Waals surface area contributed by atoms with E-state index in [2.05, 4.69) is 26.5 Å². The van der Waals surface area contributed by atoms with E-state index in [4.69, 9.17) is 21.6 Å². The Morgan fingerprint density at radius 3 is 2.74 bits per heavy atom. The van der Waals surface area contributed by atoms with Crippen molar-refractivity contribution in [2.24, 2.45) is 5.10 Å². The number of carbonyl (C=O) groups excluding carboxylic acids is 1. The number of amides is 1. The van der Waals surface area contributed by atoms with Crippen LogP contribution in [0.25, 0.3) is 0 Å². The molecule has 7 heteroatoms. The lowest BCUT2D eigenvalue weighted by Crippen LogP contribution is -2.24. The van der Waals surface area contributed by atoms with Crippen LogP contribution in [0, 0.1) is 11.3 Å². The Kier molecular flexibility index (Phi) is 6.15. The zero-order chi connectivity index (χ0) is 16.7. The average molecular weight is 393 g/mol. The fourth-order valence-electron chi connectivity index (χ4n) is 1.59. The molecule has 0 atom stereocenters. The van der Waals surface area contributed by atoms with Gasteiger partial charge in [0, 0.05) is 4.47 Å². The minimum atomic E-state index is -0.408. The van der Waals surface area contributed by atoms with E-state index in [0.717, 1.165) is 10.0 Å². The highest BCUT2D eigenvalue weighted by Gasteiger charge is 2.05. The van der Waals surface area contributed by atoms with Crippen molar-refractivity contribution in [1.29, 1.82) is 5.26 Å². The maximum Gasteiger partial charge on any atom is 0.277 e. The number of hydrazone groups is 1. The highest BCUT2D eigenvalue weighted by atomic mass is 79.9. The first-order valence-corrected chi connectivity index (χ1v) is 7.65. The molecule has 0 aliphatic heterocycles. The van der Waals surface area contributed by atoms with Gasteiger partial charge in [0.2, 0.25) is 0 Å². The van der Waals surface area contributed by atoms with Crippen LogP contribution < -0.4 is 10.2 Å². The molecule has 23 heavy (non-hydrogen) atoms. The van der Waals surface area contributed by atoms with Gasteiger partial charge in [0.25, 0.3) is 5.91 Å². The number of carbonyl (C=O) groups is 1. The van der Waals surface area contributed by atoms with E-state index < -0.39 is 5.91 Å². The molecular formula is C16H11BrClN3O2. The highest BCUT2D eigenvalue weighted by Crippen LogP contribution is 2.27. The second-order valence-electron chi connectivity index (χ2n) is 4.39. The summed E-state index contributed by atoms with van der Waals surface area (Å²) in [4.78, 5) is 11.6. The molecule has 2 aromatic carbocycles. The van der Waals surface area contributed by atoms with E-state index in [0.29, 0.717) is 16.3 Å². The van der Waals surface area contributed by atoms with Crippen molar-refractivity contribution in [3.8, 4) is 11.8 Å². The van der Waals surface area contributed by atoms with Gasteiger partial charge in [0.15, 0.2) is 6.61 Å². The van der Waals surface area contributed by atoms with Crippen molar-refractivity contribution >= 4 is 39.7 Å². The third-order valence-corrected chi connectivity index (χ3v) is 3.48. The summed E-state index contributed by atoms with van der Waals surface area (Å²) >= 11 is 9.27. The van der Waals surface area contributed by atoms with Crippen LogP contribution in [-0.2, 0) is 4.79 Å². The van der Waals surface area contributed by atoms with Crippen molar-refractivity contribution in [2.45, 2.75) is 0 Å². The summed E-state index contributed by atoms with van der Waals surface area (Å²) < 4.78 is 6.14. The van der Waals surface area contributed by atoms with E-state index in [-0.39, 0.29) is 6.61 Å². The zero-order valence-corrected chi connectivity index (χ0v) is 14.1. The number of nitrogens with one attached hydrogen (secondary N) is 1. The first-order valence-electron chi connectivity index (χ1n) is 6.48. The van der Waals surface area contributed by atoms with E-state index in [1.54, 1.807) is 42.5 Å². The molecule has 0 saturated carbocycles. The molecule has 0 saturated heterocycles. The molecule has 116 valence electrons. The fraction of sp³-hybridized carbons (Fsp3) is 0.0625. The fourth-order valence-corrected chi connectivity index (χ4v) is 2.32. The number of ether oxygens (including phenoxy) is 1. The number of rotatable bonds is 5. The monoisotopic (exact) mass is 391 g/mol. The normalized spacial score (nSPS) is 10.3. The van der Waals surface area contributed by atoms with Crippen LogP contribution in [0.15, 0.2) is 52.0 Å². The van der Waals surface area contributed by atoms with E-state index in [9.17, 15) is 4.79 Å². The van der Waals surface area contributed by atoms with Crippen LogP contribution in [0.3, 0.4) is 0 Å². The quantitative estimate of drug-likeness (QED) is 0.625. The molecule has 0 radical (unpaired) electrons. The number of hydrogen-bond donors (Lipinski definition) is 1. The lowest BCUT2D eigenvalue weighted by Gasteiger charge is -2.07. The summed E-state index contributed by atoms with van der Waals surface area (Å²) in [6.45, 7) is -0.202. The summed E-state index contributed by atoms with van der Waals surface area (Å²) in [5, 5.41) is 12.9. The number of halogens is 2. The molecule has 1 N–H and O–H groups in total. The summed E-state index contributed by atoms with van der Waals surface area (Å²) in [6.07, 6.45) is 1.48. The van der Waals surface area contributed by atoms with Crippen molar-refractivity contribution in [1.82, 2.24) is 5.43 Å². The topological polar surface area (TPSA) is 74.5 Å². The second-order valence-corrected chi connectivity index (χ2v) is 5.71. The van der Waals surface area contributed by atoms with Gasteiger partial charge in [-0.1, -0.05) is 39.7 Å². The third-order valence-electron chi connectivity index (χ3n) is 2.70. The SMILES string of the molecule is N#Cc1ccc(/C=N/NC(=O)COc2ccc(Br)cc2Cl)cc1. The lowest BCUT2D eigenvalue weighted by molar-refractivity contribution is -0.123. The van der Waals surface area contributed by atoms with Gasteiger partial charge in [-0.3, -0.25) is 4.79 Å². The highest BCUT2D eigenvalue weighted by molar-refractivity contribution is 9.10. The first-order chi connectivity index (χ1) is 11.1. The van der Waals surface area contributed by atoms with Crippen molar-refractivity contribution < 1.29 is 9.53 Å². The van der Waals surface area contributed by atoms with Gasteiger partial charge in [-0.2, -0.15) is 10.4 Å². The van der Waals surface area contributed by atoms with Crippen LogP contribution >= 0.6 is 27.5 Å². The summed E-state index contributed by atoms with van der Waals surface area (Å²) in [7, 11) is 0. The van der Waals surface area contributed by atoms with E-state index in [1.165, 1.54) is 6.21 Å². The van der Waals surface area contributed by atoms with Crippen LogP contribution in [0.4, 0.5) is 0 Å². The van der Waals surface area contributed by atoms with Gasteiger partial charge in [0.05, 0.1) is 22.9 Å². The van der Waals surface area contributed by atoms with Gasteiger partial charge >= 0.3 is 0 Å². The first kappa shape index (κ1) is 17.0. The Hall–Kier alpha value is -2.36. The molecule has 0 aliphatic carbocycles. The van der Waals surface area contributed by atoms with Gasteiger partial charge in [-0.05, 0) is 35.9 Å². The van der Waals surface area contributed by atoms with Crippen molar-refractivity contribution in [3.63, 3.8) is 0 Å². The molecule has 2 aromatic rings. The zero-order valence-electron chi connectivity index (χ0n) is 11.8. The molecule has 1 amide bonds. The van der Waals surface area contributed by atoms with Gasteiger partial charge in [-0.15, -0.1) is 0 Å². The number of benzene rings is 2. The molecular weight excluding hydrogens is 382 g/mol. The Morgan fingerprint density at radius 2 is 2.09 bits per heavy atom. The Morgan fingerprint density at radius 1 is 1.35 bits per heavy atom. The molecule has 0 unspecified atom stereocenters. The Bertz CT molecular complexity index is 770. The molecule has 0 heterocycles. The molecule has 0 aromatic heterocycles. The lowest BCUT2D eigenvalue weighted by atomic mass is 10.2. The molecule has 0 spiro atoms. The predicted octanol–water partition coefficient (Wildman–Crippen LogP) is 3.50.